The lowest BCUT2D eigenvalue weighted by atomic mass is 9.98. The van der Waals surface area contributed by atoms with Crippen molar-refractivity contribution >= 4 is 32.0 Å². The number of anilines is 1. The number of hydrogen-bond donors (Lipinski definition) is 8. The average molecular weight is 591 g/mol. The molecule has 41 heavy (non-hydrogen) atoms. The van der Waals surface area contributed by atoms with Crippen LogP contribution in [0.3, 0.4) is 0 Å². The summed E-state index contributed by atoms with van der Waals surface area (Å²) in [5, 5.41) is 83.1. The van der Waals surface area contributed by atoms with Crippen LogP contribution in [0.25, 0.3) is 22.2 Å². The number of nitrogens with zero attached hydrogens (tertiary/aromatic N) is 4. The van der Waals surface area contributed by atoms with Crippen molar-refractivity contribution in [1.29, 1.82) is 0 Å². The summed E-state index contributed by atoms with van der Waals surface area (Å²) in [7, 11) is 1.52. The van der Waals surface area contributed by atoms with Crippen molar-refractivity contribution in [1.82, 2.24) is 9.97 Å². The van der Waals surface area contributed by atoms with Crippen LogP contribution in [0.4, 0.5) is 10.1 Å². The molecule has 218 valence electrons. The zero-order chi connectivity index (χ0) is 30.5. The van der Waals surface area contributed by atoms with E-state index < -0.39 is 40.9 Å². The molecule has 0 amide bonds. The number of allylic oxidation sites excluding steroid dienone is 2. The zero-order valence-corrected chi connectivity index (χ0v) is 22.9. The number of benzene rings is 2. The summed E-state index contributed by atoms with van der Waals surface area (Å²) in [5.74, 6) is -12.3. The van der Waals surface area contributed by atoms with Crippen LogP contribution < -0.4 is 4.90 Å². The molecule has 1 aliphatic heterocycles. The lowest BCUT2D eigenvalue weighted by molar-refractivity contribution is -0.574. The third-order valence-corrected chi connectivity index (χ3v) is 7.02. The Bertz CT molecular complexity index is 1550. The summed E-state index contributed by atoms with van der Waals surface area (Å²) >= 11 is 0. The molecule has 4 rings (SSSR count). The molecule has 3 unspecified atom stereocenters. The van der Waals surface area contributed by atoms with Gasteiger partial charge in [0.25, 0.3) is 0 Å². The number of aliphatic hydroxyl groups excluding tert-OH is 1. The molecule has 1 fully saturated rings. The van der Waals surface area contributed by atoms with Gasteiger partial charge in [-0.25, -0.2) is 14.4 Å². The minimum Gasteiger partial charge on any atom is -0.382 e. The van der Waals surface area contributed by atoms with E-state index in [2.05, 4.69) is 26.3 Å². The molecular weight excluding hydrogens is 562 g/mol. The van der Waals surface area contributed by atoms with Crippen LogP contribution >= 0.6 is 9.24 Å². The number of aliphatic imine (C=N–C) groups is 1. The first-order valence-electron chi connectivity index (χ1n) is 11.9. The summed E-state index contributed by atoms with van der Waals surface area (Å²) in [6.07, 6.45) is 2.72. The first kappa shape index (κ1) is 30.7. The van der Waals surface area contributed by atoms with E-state index >= 15 is 4.39 Å². The lowest BCUT2D eigenvalue weighted by Crippen LogP contribution is -2.82. The first-order valence-corrected chi connectivity index (χ1v) is 12.4. The molecule has 3 aromatic rings. The highest BCUT2D eigenvalue weighted by Crippen LogP contribution is 2.48. The summed E-state index contributed by atoms with van der Waals surface area (Å²) < 4.78 is 19.2. The summed E-state index contributed by atoms with van der Waals surface area (Å²) in [4.78, 5) is 12.5. The number of morpholine rings is 1. The number of ether oxygens (including phenoxy) is 1. The molecule has 0 spiro atoms. The number of halogens is 1. The van der Waals surface area contributed by atoms with Gasteiger partial charge in [-0.05, 0) is 49.7 Å². The van der Waals surface area contributed by atoms with Gasteiger partial charge in [0.05, 0.1) is 16.9 Å². The van der Waals surface area contributed by atoms with Crippen LogP contribution in [0, 0.1) is 5.82 Å². The molecule has 0 bridgehead atoms. The van der Waals surface area contributed by atoms with Gasteiger partial charge in [-0.1, -0.05) is 33.5 Å². The Morgan fingerprint density at radius 3 is 2.37 bits per heavy atom. The fourth-order valence-electron chi connectivity index (χ4n) is 4.31. The molecule has 3 atom stereocenters. The summed E-state index contributed by atoms with van der Waals surface area (Å²) in [5.41, 5.74) is -2.13. The Balaban J connectivity index is 1.85. The molecule has 2 heterocycles. The molecule has 15 heteroatoms. The van der Waals surface area contributed by atoms with Crippen molar-refractivity contribution in [2.45, 2.75) is 43.3 Å². The van der Waals surface area contributed by atoms with E-state index in [1.165, 1.54) is 39.7 Å². The van der Waals surface area contributed by atoms with E-state index in [-0.39, 0.29) is 27.1 Å². The minimum atomic E-state index is -4.00. The smallest absolute Gasteiger partial charge is 0.362 e. The molecule has 2 aromatic carbocycles. The van der Waals surface area contributed by atoms with E-state index in [4.69, 9.17) is 0 Å². The highest BCUT2D eigenvalue weighted by Gasteiger charge is 2.73. The first-order chi connectivity index (χ1) is 19.0. The Hall–Kier alpha value is -3.27. The SMILES string of the molecule is C=CC=NC(=C(C)C)C(O)c1ccc(F)c(-c2ncnc3cc(N4C(O)(O)C(O)(O)OC(O)(O)C4(O)P)ccc23)c1. The maximum Gasteiger partial charge on any atom is 0.362 e. The second-order valence-corrected chi connectivity index (χ2v) is 10.3. The van der Waals surface area contributed by atoms with Gasteiger partial charge in [0.15, 0.2) is 0 Å². The number of aliphatic hydroxyl groups is 8. The van der Waals surface area contributed by atoms with Crippen molar-refractivity contribution in [2.75, 3.05) is 4.90 Å². The van der Waals surface area contributed by atoms with Crippen LogP contribution in [0.2, 0.25) is 0 Å². The Kier molecular flexibility index (Phi) is 7.88. The second-order valence-electron chi connectivity index (χ2n) is 9.48. The fraction of sp³-hybridized carbons (Fsp3) is 0.269. The maximum atomic E-state index is 15.1. The van der Waals surface area contributed by atoms with Gasteiger partial charge in [0.1, 0.15) is 18.2 Å². The molecule has 8 N–H and O–H groups in total. The summed E-state index contributed by atoms with van der Waals surface area (Å²) in [6.45, 7) is 7.08. The number of fused-ring (bicyclic) bond motifs is 1. The van der Waals surface area contributed by atoms with Crippen molar-refractivity contribution in [3.8, 4) is 11.3 Å². The summed E-state index contributed by atoms with van der Waals surface area (Å²) in [6, 6.07) is 7.44. The molecule has 1 aliphatic rings. The van der Waals surface area contributed by atoms with Gasteiger partial charge >= 0.3 is 17.9 Å². The normalized spacial score (nSPS) is 22.1. The van der Waals surface area contributed by atoms with Crippen LogP contribution in [0.5, 0.6) is 0 Å². The van der Waals surface area contributed by atoms with Crippen molar-refractivity contribution in [3.63, 3.8) is 0 Å². The number of hydrogen-bond acceptors (Lipinski definition) is 13. The molecule has 1 aromatic heterocycles. The molecule has 0 aliphatic carbocycles. The second kappa shape index (κ2) is 10.5. The monoisotopic (exact) mass is 590 g/mol. The van der Waals surface area contributed by atoms with Crippen molar-refractivity contribution < 1.29 is 50.0 Å². The molecular formula is C26H28FN4O9P. The van der Waals surface area contributed by atoms with Gasteiger partial charge in [-0.15, -0.1) is 0 Å². The van der Waals surface area contributed by atoms with Gasteiger partial charge in [-0.2, -0.15) is 0 Å². The fourth-order valence-corrected chi connectivity index (χ4v) is 4.69. The lowest BCUT2D eigenvalue weighted by Gasteiger charge is -2.57. The predicted octanol–water partition coefficient (Wildman–Crippen LogP) is 0.293. The molecule has 0 saturated carbocycles. The molecule has 1 saturated heterocycles. The van der Waals surface area contributed by atoms with E-state index in [1.807, 2.05) is 0 Å². The van der Waals surface area contributed by atoms with Crippen molar-refractivity contribution in [3.05, 3.63) is 78.0 Å². The number of aromatic nitrogens is 2. The van der Waals surface area contributed by atoms with Crippen molar-refractivity contribution in [2.24, 2.45) is 4.99 Å². The Morgan fingerprint density at radius 1 is 1.05 bits per heavy atom. The standard InChI is InChI=1S/C26H28FN4O9P/c1-4-9-28-20(13(2)3)22(32)14-5-8-18(27)17(10-14)21-16-7-6-15(11-19(16)29-12-30-21)31-23(33,34)25(36,37)40-26(38,39)24(31,35)41/h4-12,22,32-39H,1,41H2,2-3H3. The Labute approximate surface area is 234 Å². The van der Waals surface area contributed by atoms with Gasteiger partial charge in [0, 0.05) is 22.9 Å². The zero-order valence-electron chi connectivity index (χ0n) is 21.7. The maximum absolute atomic E-state index is 15.1. The van der Waals surface area contributed by atoms with Crippen LogP contribution in [-0.2, 0) is 4.74 Å². The minimum absolute atomic E-state index is 0.0236. The average Bonchev–Trinajstić information content (AvgIpc) is 2.87. The van der Waals surface area contributed by atoms with Gasteiger partial charge in [0.2, 0.25) is 5.47 Å². The van der Waals surface area contributed by atoms with E-state index in [9.17, 15) is 40.9 Å². The highest BCUT2D eigenvalue weighted by molar-refractivity contribution is 7.19. The molecule has 0 radical (unpaired) electrons. The van der Waals surface area contributed by atoms with E-state index in [0.29, 0.717) is 16.8 Å². The largest absolute Gasteiger partial charge is 0.382 e. The highest BCUT2D eigenvalue weighted by atomic mass is 31.0. The quantitative estimate of drug-likeness (QED) is 0.111. The van der Waals surface area contributed by atoms with E-state index in [1.54, 1.807) is 13.8 Å². The van der Waals surface area contributed by atoms with Crippen LogP contribution in [-0.4, -0.2) is 80.4 Å². The van der Waals surface area contributed by atoms with E-state index in [0.717, 1.165) is 24.5 Å². The third kappa shape index (κ3) is 5.15. The predicted molar refractivity (Wildman–Crippen MR) is 147 cm³/mol. The topological polar surface area (TPSA) is 212 Å². The third-order valence-electron chi connectivity index (χ3n) is 6.38. The van der Waals surface area contributed by atoms with Gasteiger partial charge in [-0.3, -0.25) is 14.6 Å². The number of rotatable bonds is 6. The van der Waals surface area contributed by atoms with Gasteiger partial charge < -0.3 is 40.9 Å². The van der Waals surface area contributed by atoms with Crippen LogP contribution in [0.1, 0.15) is 25.5 Å². The Morgan fingerprint density at radius 2 is 1.73 bits per heavy atom. The van der Waals surface area contributed by atoms with Crippen LogP contribution in [0.15, 0.2) is 71.6 Å². The molecule has 13 nitrogen and oxygen atoms in total.